The molecule has 1 aromatic carbocycles. The van der Waals surface area contributed by atoms with Gasteiger partial charge in [0.05, 0.1) is 0 Å². The van der Waals surface area contributed by atoms with Crippen molar-refractivity contribution in [2.45, 2.75) is 34.6 Å². The molecule has 0 bridgehead atoms. The largest absolute Gasteiger partial charge is 0.352 e. The van der Waals surface area contributed by atoms with Crippen LogP contribution in [-0.4, -0.2) is 18.4 Å². The minimum absolute atomic E-state index is 0.317. The topological polar surface area (TPSA) is 58.2 Å². The van der Waals surface area contributed by atoms with Crippen molar-refractivity contribution in [3.05, 3.63) is 41.5 Å². The molecular weight excluding hydrogens is 264 g/mol. The van der Waals surface area contributed by atoms with Gasteiger partial charge >= 0.3 is 0 Å². The Bertz CT molecular complexity index is 551. The first kappa shape index (κ1) is 17.0. The fourth-order valence-corrected chi connectivity index (χ4v) is 2.14. The Labute approximate surface area is 126 Å². The van der Waals surface area contributed by atoms with Gasteiger partial charge in [-0.05, 0) is 45.7 Å². The molecule has 4 nitrogen and oxygen atoms in total. The first-order chi connectivity index (χ1) is 9.70. The Morgan fingerprint density at radius 1 is 1.14 bits per heavy atom. The fraction of sp³-hybridized carbons (Fsp3) is 0.412. The van der Waals surface area contributed by atoms with E-state index in [0.29, 0.717) is 6.54 Å². The Kier molecular flexibility index (Phi) is 5.30. The SMILES string of the molecule is C=CCNC(=O)C(C)(C)C(=O)Nc1c(C)cc(C)cc1C. The first-order valence-electron chi connectivity index (χ1n) is 6.98. The summed E-state index contributed by atoms with van der Waals surface area (Å²) in [6.07, 6.45) is 1.58. The Balaban J connectivity index is 2.95. The molecule has 0 saturated heterocycles. The highest BCUT2D eigenvalue weighted by Gasteiger charge is 2.36. The van der Waals surface area contributed by atoms with E-state index < -0.39 is 5.41 Å². The number of nitrogens with one attached hydrogen (secondary N) is 2. The summed E-state index contributed by atoms with van der Waals surface area (Å²) in [6, 6.07) is 4.01. The van der Waals surface area contributed by atoms with Crippen LogP contribution in [0.5, 0.6) is 0 Å². The number of rotatable bonds is 5. The first-order valence-corrected chi connectivity index (χ1v) is 6.98. The lowest BCUT2D eigenvalue weighted by molar-refractivity contribution is -0.138. The van der Waals surface area contributed by atoms with E-state index in [1.165, 1.54) is 0 Å². The number of aryl methyl sites for hydroxylation is 3. The maximum absolute atomic E-state index is 12.4. The minimum atomic E-state index is -1.15. The molecular formula is C17H24N2O2. The summed E-state index contributed by atoms with van der Waals surface area (Å²) in [7, 11) is 0. The van der Waals surface area contributed by atoms with Crippen LogP contribution in [0.1, 0.15) is 30.5 Å². The molecule has 0 unspecified atom stereocenters. The molecule has 0 aliphatic rings. The molecule has 0 aromatic heterocycles. The van der Waals surface area contributed by atoms with Gasteiger partial charge in [0.2, 0.25) is 11.8 Å². The van der Waals surface area contributed by atoms with Crippen molar-refractivity contribution >= 4 is 17.5 Å². The molecule has 1 rings (SSSR count). The average molecular weight is 288 g/mol. The van der Waals surface area contributed by atoms with Crippen molar-refractivity contribution in [3.63, 3.8) is 0 Å². The summed E-state index contributed by atoms with van der Waals surface area (Å²) in [5, 5.41) is 5.54. The van der Waals surface area contributed by atoms with E-state index in [1.807, 2.05) is 32.9 Å². The van der Waals surface area contributed by atoms with Gasteiger partial charge in [-0.2, -0.15) is 0 Å². The molecule has 0 spiro atoms. The Morgan fingerprint density at radius 3 is 2.14 bits per heavy atom. The van der Waals surface area contributed by atoms with Gasteiger partial charge < -0.3 is 10.6 Å². The highest BCUT2D eigenvalue weighted by atomic mass is 16.2. The van der Waals surface area contributed by atoms with Gasteiger partial charge in [-0.1, -0.05) is 23.8 Å². The number of carbonyl (C=O) groups excluding carboxylic acids is 2. The zero-order valence-electron chi connectivity index (χ0n) is 13.5. The van der Waals surface area contributed by atoms with Crippen LogP contribution in [-0.2, 0) is 9.59 Å². The Hall–Kier alpha value is -2.10. The number of carbonyl (C=O) groups is 2. The maximum Gasteiger partial charge on any atom is 0.239 e. The third kappa shape index (κ3) is 3.94. The summed E-state index contributed by atoms with van der Waals surface area (Å²) >= 11 is 0. The normalized spacial score (nSPS) is 10.9. The van der Waals surface area contributed by atoms with Crippen LogP contribution in [0, 0.1) is 26.2 Å². The van der Waals surface area contributed by atoms with Crippen molar-refractivity contribution in [3.8, 4) is 0 Å². The molecule has 1 aromatic rings. The summed E-state index contributed by atoms with van der Waals surface area (Å²) in [6.45, 7) is 13.0. The van der Waals surface area contributed by atoms with Gasteiger partial charge in [-0.3, -0.25) is 9.59 Å². The summed E-state index contributed by atoms with van der Waals surface area (Å²) in [5.74, 6) is -0.638. The quantitative estimate of drug-likeness (QED) is 0.646. The zero-order valence-corrected chi connectivity index (χ0v) is 13.5. The van der Waals surface area contributed by atoms with Crippen molar-refractivity contribution in [1.82, 2.24) is 5.32 Å². The van der Waals surface area contributed by atoms with Crippen LogP contribution in [0.15, 0.2) is 24.8 Å². The molecule has 0 saturated carbocycles. The fourth-order valence-electron chi connectivity index (χ4n) is 2.14. The van der Waals surface area contributed by atoms with Crippen LogP contribution in [0.4, 0.5) is 5.69 Å². The van der Waals surface area contributed by atoms with Crippen molar-refractivity contribution in [2.75, 3.05) is 11.9 Å². The standard InChI is InChI=1S/C17H24N2O2/c1-7-8-18-15(20)17(5,6)16(21)19-14-12(3)9-11(2)10-13(14)4/h7,9-10H,1,8H2,2-6H3,(H,18,20)(H,19,21). The van der Waals surface area contributed by atoms with E-state index >= 15 is 0 Å². The van der Waals surface area contributed by atoms with Gasteiger partial charge in [0.15, 0.2) is 0 Å². The second kappa shape index (κ2) is 6.57. The minimum Gasteiger partial charge on any atom is -0.352 e. The molecule has 2 amide bonds. The summed E-state index contributed by atoms with van der Waals surface area (Å²) in [4.78, 5) is 24.5. The molecule has 0 fully saturated rings. The average Bonchev–Trinajstić information content (AvgIpc) is 2.39. The van der Waals surface area contributed by atoms with Gasteiger partial charge in [0.1, 0.15) is 5.41 Å². The number of amides is 2. The van der Waals surface area contributed by atoms with Gasteiger partial charge in [0, 0.05) is 12.2 Å². The van der Waals surface area contributed by atoms with E-state index in [2.05, 4.69) is 17.2 Å². The van der Waals surface area contributed by atoms with E-state index in [9.17, 15) is 9.59 Å². The monoisotopic (exact) mass is 288 g/mol. The van der Waals surface area contributed by atoms with E-state index in [4.69, 9.17) is 0 Å². The molecule has 21 heavy (non-hydrogen) atoms. The molecule has 0 aliphatic carbocycles. The van der Waals surface area contributed by atoms with Crippen molar-refractivity contribution < 1.29 is 9.59 Å². The molecule has 0 aliphatic heterocycles. The van der Waals surface area contributed by atoms with Crippen LogP contribution in [0.3, 0.4) is 0 Å². The highest BCUT2D eigenvalue weighted by molar-refractivity contribution is 6.10. The second-order valence-electron chi connectivity index (χ2n) is 5.85. The third-order valence-electron chi connectivity index (χ3n) is 3.46. The highest BCUT2D eigenvalue weighted by Crippen LogP contribution is 2.25. The smallest absolute Gasteiger partial charge is 0.239 e. The van der Waals surface area contributed by atoms with Crippen LogP contribution >= 0.6 is 0 Å². The van der Waals surface area contributed by atoms with E-state index in [0.717, 1.165) is 22.4 Å². The molecule has 2 N–H and O–H groups in total. The van der Waals surface area contributed by atoms with Gasteiger partial charge in [-0.15, -0.1) is 6.58 Å². The van der Waals surface area contributed by atoms with Crippen LogP contribution < -0.4 is 10.6 Å². The molecule has 0 radical (unpaired) electrons. The zero-order chi connectivity index (χ0) is 16.2. The van der Waals surface area contributed by atoms with Gasteiger partial charge in [0.25, 0.3) is 0 Å². The lowest BCUT2D eigenvalue weighted by Crippen LogP contribution is -2.45. The maximum atomic E-state index is 12.4. The molecule has 4 heteroatoms. The number of anilines is 1. The molecule has 0 heterocycles. The lowest BCUT2D eigenvalue weighted by atomic mass is 9.90. The third-order valence-corrected chi connectivity index (χ3v) is 3.46. The number of benzene rings is 1. The van der Waals surface area contributed by atoms with E-state index in [1.54, 1.807) is 19.9 Å². The molecule has 114 valence electrons. The van der Waals surface area contributed by atoms with Crippen molar-refractivity contribution in [2.24, 2.45) is 5.41 Å². The second-order valence-corrected chi connectivity index (χ2v) is 5.85. The van der Waals surface area contributed by atoms with Gasteiger partial charge in [-0.25, -0.2) is 0 Å². The number of hydrogen-bond acceptors (Lipinski definition) is 2. The summed E-state index contributed by atoms with van der Waals surface area (Å²) < 4.78 is 0. The molecule has 0 atom stereocenters. The van der Waals surface area contributed by atoms with Crippen LogP contribution in [0.2, 0.25) is 0 Å². The summed E-state index contributed by atoms with van der Waals surface area (Å²) in [5.41, 5.74) is 2.75. The van der Waals surface area contributed by atoms with Crippen LogP contribution in [0.25, 0.3) is 0 Å². The predicted molar refractivity (Wildman–Crippen MR) is 86.3 cm³/mol. The number of hydrogen-bond donors (Lipinski definition) is 2. The lowest BCUT2D eigenvalue weighted by Gasteiger charge is -2.23. The Morgan fingerprint density at radius 2 is 1.67 bits per heavy atom. The van der Waals surface area contributed by atoms with Crippen molar-refractivity contribution in [1.29, 1.82) is 0 Å². The van der Waals surface area contributed by atoms with E-state index in [-0.39, 0.29) is 11.8 Å². The predicted octanol–water partition coefficient (Wildman–Crippen LogP) is 2.88.